The van der Waals surface area contributed by atoms with E-state index in [0.29, 0.717) is 11.4 Å². The third-order valence-corrected chi connectivity index (χ3v) is 6.42. The minimum atomic E-state index is -0.580. The molecular formula is C21H23N9OS. The predicted octanol–water partition coefficient (Wildman–Crippen LogP) is 1.62. The number of nitrogen functional groups attached to an aromatic ring is 2. The molecular weight excluding hydrogens is 426 g/mol. The summed E-state index contributed by atoms with van der Waals surface area (Å²) in [7, 11) is 1.65. The predicted molar refractivity (Wildman–Crippen MR) is 125 cm³/mol. The topological polar surface area (TPSA) is 161 Å². The molecule has 1 saturated heterocycles. The SMILES string of the molecule is COc1ccc(C2N=C(NC#N)Nc3nc(N)c(C#N)c(N)c32)cc1CN1CCSCC1. The third-order valence-electron chi connectivity index (χ3n) is 5.48. The first kappa shape index (κ1) is 21.6. The van der Waals surface area contributed by atoms with E-state index in [1.807, 2.05) is 42.2 Å². The van der Waals surface area contributed by atoms with Gasteiger partial charge < -0.3 is 21.5 Å². The molecule has 1 atom stereocenters. The summed E-state index contributed by atoms with van der Waals surface area (Å²) in [5.74, 6) is 3.62. The first-order valence-corrected chi connectivity index (χ1v) is 11.2. The van der Waals surface area contributed by atoms with E-state index >= 15 is 0 Å². The molecule has 1 aromatic heterocycles. The van der Waals surface area contributed by atoms with Crippen LogP contribution >= 0.6 is 11.8 Å². The van der Waals surface area contributed by atoms with Crippen molar-refractivity contribution in [2.75, 3.05) is 48.5 Å². The van der Waals surface area contributed by atoms with Crippen LogP contribution in [0.25, 0.3) is 0 Å². The number of pyridine rings is 1. The zero-order valence-electron chi connectivity index (χ0n) is 17.6. The molecule has 6 N–H and O–H groups in total. The number of fused-ring (bicyclic) bond motifs is 1. The number of nitrogens with zero attached hydrogens (tertiary/aromatic N) is 5. The molecule has 0 amide bonds. The van der Waals surface area contributed by atoms with Crippen LogP contribution in [-0.4, -0.2) is 47.5 Å². The Morgan fingerprint density at radius 1 is 1.31 bits per heavy atom. The van der Waals surface area contributed by atoms with Crippen LogP contribution < -0.4 is 26.8 Å². The molecule has 1 aromatic carbocycles. The van der Waals surface area contributed by atoms with E-state index in [-0.39, 0.29) is 23.0 Å². The minimum Gasteiger partial charge on any atom is -0.496 e. The number of hydrogen-bond donors (Lipinski definition) is 4. The lowest BCUT2D eigenvalue weighted by Gasteiger charge is -2.28. The molecule has 0 bridgehead atoms. The summed E-state index contributed by atoms with van der Waals surface area (Å²) in [5, 5.41) is 24.0. The van der Waals surface area contributed by atoms with Gasteiger partial charge in [0.2, 0.25) is 5.96 Å². The number of nitrogens with one attached hydrogen (secondary N) is 2. The van der Waals surface area contributed by atoms with Gasteiger partial charge in [-0.1, -0.05) is 6.07 Å². The van der Waals surface area contributed by atoms with Gasteiger partial charge in [0.05, 0.1) is 12.8 Å². The number of ether oxygens (including phenoxy) is 1. The van der Waals surface area contributed by atoms with Crippen LogP contribution in [0.3, 0.4) is 0 Å². The number of guanidine groups is 1. The van der Waals surface area contributed by atoms with Crippen molar-refractivity contribution < 1.29 is 4.74 Å². The molecule has 4 rings (SSSR count). The van der Waals surface area contributed by atoms with Gasteiger partial charge in [0.1, 0.15) is 35.1 Å². The van der Waals surface area contributed by atoms with Crippen molar-refractivity contribution in [3.63, 3.8) is 0 Å². The summed E-state index contributed by atoms with van der Waals surface area (Å²) < 4.78 is 5.60. The molecule has 11 heteroatoms. The summed E-state index contributed by atoms with van der Waals surface area (Å²) in [6, 6.07) is 7.29. The highest BCUT2D eigenvalue weighted by Crippen LogP contribution is 2.41. The molecule has 1 fully saturated rings. The van der Waals surface area contributed by atoms with Crippen LogP contribution in [0.4, 0.5) is 17.3 Å². The highest BCUT2D eigenvalue weighted by Gasteiger charge is 2.30. The number of anilines is 3. The molecule has 0 spiro atoms. The maximum Gasteiger partial charge on any atom is 0.211 e. The smallest absolute Gasteiger partial charge is 0.211 e. The number of nitriles is 2. The molecule has 164 valence electrons. The van der Waals surface area contributed by atoms with Crippen molar-refractivity contribution in [2.24, 2.45) is 4.99 Å². The molecule has 1 unspecified atom stereocenters. The fourth-order valence-corrected chi connectivity index (χ4v) is 4.89. The largest absolute Gasteiger partial charge is 0.496 e. The van der Waals surface area contributed by atoms with Gasteiger partial charge in [0, 0.05) is 42.3 Å². The minimum absolute atomic E-state index is 0.0200. The second-order valence-corrected chi connectivity index (χ2v) is 8.59. The fraction of sp³-hybridized carbons (Fsp3) is 0.333. The summed E-state index contributed by atoms with van der Waals surface area (Å²) >= 11 is 1.96. The Bertz CT molecular complexity index is 1150. The molecule has 0 radical (unpaired) electrons. The standard InChI is InChI=1S/C21H23N9OS/c1-31-15-3-2-12(8-13(15)10-30-4-6-32-7-5-30)18-16-17(24)14(9-22)19(25)28-20(16)29-21(27-18)26-11-23/h2-3,8,18H,4-7,10H2,1H3,(H6,24,25,26,27,28,29). The van der Waals surface area contributed by atoms with Gasteiger partial charge in [-0.2, -0.15) is 22.3 Å². The lowest BCUT2D eigenvalue weighted by molar-refractivity contribution is 0.288. The Morgan fingerprint density at radius 3 is 2.78 bits per heavy atom. The summed E-state index contributed by atoms with van der Waals surface area (Å²) in [6.07, 6.45) is 1.86. The highest BCUT2D eigenvalue weighted by molar-refractivity contribution is 7.99. The maximum absolute atomic E-state index is 9.50. The molecule has 32 heavy (non-hydrogen) atoms. The lowest BCUT2D eigenvalue weighted by Crippen LogP contribution is -2.33. The molecule has 3 heterocycles. The van der Waals surface area contributed by atoms with Crippen LogP contribution in [0, 0.1) is 22.8 Å². The number of nitrogens with two attached hydrogens (primary N) is 2. The lowest BCUT2D eigenvalue weighted by atomic mass is 9.93. The number of aliphatic imine (C=N–C) groups is 1. The number of aromatic nitrogens is 1. The first-order chi connectivity index (χ1) is 15.5. The van der Waals surface area contributed by atoms with Crippen molar-refractivity contribution in [3.8, 4) is 18.0 Å². The highest BCUT2D eigenvalue weighted by atomic mass is 32.2. The maximum atomic E-state index is 9.50. The molecule has 2 aromatic rings. The number of hydrogen-bond acceptors (Lipinski definition) is 11. The van der Waals surface area contributed by atoms with Crippen molar-refractivity contribution in [1.82, 2.24) is 15.2 Å². The summed E-state index contributed by atoms with van der Waals surface area (Å²) in [4.78, 5) is 11.3. The fourth-order valence-electron chi connectivity index (χ4n) is 3.91. The second kappa shape index (κ2) is 9.22. The van der Waals surface area contributed by atoms with Crippen LogP contribution in [0.5, 0.6) is 5.75 Å². The van der Waals surface area contributed by atoms with Crippen molar-refractivity contribution in [2.45, 2.75) is 12.6 Å². The molecule has 0 aliphatic carbocycles. The molecule has 0 saturated carbocycles. The van der Waals surface area contributed by atoms with Gasteiger partial charge in [-0.3, -0.25) is 10.2 Å². The van der Waals surface area contributed by atoms with E-state index in [0.717, 1.165) is 48.0 Å². The average molecular weight is 450 g/mol. The van der Waals surface area contributed by atoms with Gasteiger partial charge in [0.15, 0.2) is 6.19 Å². The van der Waals surface area contributed by atoms with E-state index in [2.05, 4.69) is 25.5 Å². The Morgan fingerprint density at radius 2 is 2.09 bits per heavy atom. The van der Waals surface area contributed by atoms with Gasteiger partial charge in [0.25, 0.3) is 0 Å². The van der Waals surface area contributed by atoms with Crippen LogP contribution in [-0.2, 0) is 6.54 Å². The number of benzene rings is 1. The van der Waals surface area contributed by atoms with Gasteiger partial charge in [-0.05, 0) is 17.7 Å². The second-order valence-electron chi connectivity index (χ2n) is 7.36. The van der Waals surface area contributed by atoms with Crippen LogP contribution in [0.2, 0.25) is 0 Å². The van der Waals surface area contributed by atoms with Crippen LogP contribution in [0.1, 0.15) is 28.3 Å². The summed E-state index contributed by atoms with van der Waals surface area (Å²) in [6.45, 7) is 2.79. The molecule has 2 aliphatic rings. The summed E-state index contributed by atoms with van der Waals surface area (Å²) in [5.41, 5.74) is 15.0. The van der Waals surface area contributed by atoms with E-state index in [4.69, 9.17) is 21.5 Å². The Balaban J connectivity index is 1.80. The van der Waals surface area contributed by atoms with E-state index in [1.54, 1.807) is 7.11 Å². The zero-order chi connectivity index (χ0) is 22.7. The number of thioether (sulfide) groups is 1. The van der Waals surface area contributed by atoms with E-state index in [9.17, 15) is 5.26 Å². The van der Waals surface area contributed by atoms with Crippen molar-refractivity contribution in [1.29, 1.82) is 10.5 Å². The van der Waals surface area contributed by atoms with Crippen molar-refractivity contribution in [3.05, 3.63) is 40.5 Å². The quantitative estimate of drug-likeness (QED) is 0.398. The first-order valence-electron chi connectivity index (χ1n) is 10.0. The average Bonchev–Trinajstić information content (AvgIpc) is 2.79. The Labute approximate surface area is 190 Å². The van der Waals surface area contributed by atoms with Crippen LogP contribution in [0.15, 0.2) is 23.2 Å². The van der Waals surface area contributed by atoms with E-state index in [1.165, 1.54) is 0 Å². The Hall–Kier alpha value is -3.67. The third kappa shape index (κ3) is 4.08. The molecule has 10 nitrogen and oxygen atoms in total. The van der Waals surface area contributed by atoms with Gasteiger partial charge in [-0.15, -0.1) is 0 Å². The normalized spacial score (nSPS) is 17.8. The zero-order valence-corrected chi connectivity index (χ0v) is 18.4. The van der Waals surface area contributed by atoms with Gasteiger partial charge >= 0.3 is 0 Å². The van der Waals surface area contributed by atoms with Crippen molar-refractivity contribution >= 4 is 35.0 Å². The number of rotatable bonds is 4. The van der Waals surface area contributed by atoms with Gasteiger partial charge in [-0.25, -0.2) is 9.98 Å². The number of methoxy groups -OCH3 is 1. The molecule has 2 aliphatic heterocycles. The monoisotopic (exact) mass is 449 g/mol. The van der Waals surface area contributed by atoms with E-state index < -0.39 is 6.04 Å². The Kier molecular flexibility index (Phi) is 6.21.